The van der Waals surface area contributed by atoms with Gasteiger partial charge in [-0.3, -0.25) is 4.79 Å². The van der Waals surface area contributed by atoms with Crippen LogP contribution in [0.1, 0.15) is 23.3 Å². The van der Waals surface area contributed by atoms with Gasteiger partial charge in [0.15, 0.2) is 5.78 Å². The van der Waals surface area contributed by atoms with E-state index in [4.69, 9.17) is 10.5 Å². The molecule has 2 heterocycles. The van der Waals surface area contributed by atoms with Crippen LogP contribution in [0, 0.1) is 12.2 Å². The minimum absolute atomic E-state index is 0.0241. The normalized spacial score (nSPS) is 15.8. The van der Waals surface area contributed by atoms with Gasteiger partial charge in [0.1, 0.15) is 22.3 Å². The molecular formula is C22H19FN3O3S. The third-order valence-corrected chi connectivity index (χ3v) is 5.87. The molecule has 1 radical (unpaired) electrons. The summed E-state index contributed by atoms with van der Waals surface area (Å²) in [6, 6.07) is 12.7. The van der Waals surface area contributed by atoms with Gasteiger partial charge < -0.3 is 15.8 Å². The number of hydrogen-bond donors (Lipinski definition) is 2. The van der Waals surface area contributed by atoms with Crippen LogP contribution in [0.15, 0.2) is 48.5 Å². The highest BCUT2D eigenvalue weighted by molar-refractivity contribution is 7.18. The lowest BCUT2D eigenvalue weighted by atomic mass is 10.0. The molecule has 0 aliphatic carbocycles. The molecule has 0 saturated carbocycles. The average Bonchev–Trinajstić information content (AvgIpc) is 3.38. The minimum atomic E-state index is -0.909. The Balaban J connectivity index is 1.72. The highest BCUT2D eigenvalue weighted by Crippen LogP contribution is 2.37. The Hall–Kier alpha value is -3.10. The third-order valence-electron chi connectivity index (χ3n) is 4.72. The fraction of sp³-hybridized carbons (Fsp3) is 0.182. The first kappa shape index (κ1) is 20.2. The predicted octanol–water partition coefficient (Wildman–Crippen LogP) is 4.21. The number of thiazole rings is 1. The quantitative estimate of drug-likeness (QED) is 0.578. The molecule has 1 saturated heterocycles. The summed E-state index contributed by atoms with van der Waals surface area (Å²) in [7, 11) is 0. The van der Waals surface area contributed by atoms with Crippen molar-refractivity contribution in [1.82, 2.24) is 10.3 Å². The lowest BCUT2D eigenvalue weighted by Gasteiger charge is -2.08. The highest BCUT2D eigenvalue weighted by atomic mass is 32.1. The summed E-state index contributed by atoms with van der Waals surface area (Å²) in [5.74, 6) is -0.247. The van der Waals surface area contributed by atoms with Gasteiger partial charge in [0.2, 0.25) is 0 Å². The maximum absolute atomic E-state index is 13.4. The first-order valence-electron chi connectivity index (χ1n) is 9.46. The molecule has 153 valence electrons. The smallest absolute Gasteiger partial charge is 0.409 e. The number of nitrogens with zero attached hydrogens (tertiary/aromatic N) is 1. The van der Waals surface area contributed by atoms with Crippen molar-refractivity contribution in [2.75, 3.05) is 6.54 Å². The fourth-order valence-corrected chi connectivity index (χ4v) is 4.40. The van der Waals surface area contributed by atoms with Crippen LogP contribution in [-0.4, -0.2) is 29.4 Å². The minimum Gasteiger partial charge on any atom is -0.410 e. The van der Waals surface area contributed by atoms with Crippen LogP contribution in [0.3, 0.4) is 0 Å². The van der Waals surface area contributed by atoms with E-state index in [1.54, 1.807) is 42.8 Å². The zero-order valence-corrected chi connectivity index (χ0v) is 16.7. The highest BCUT2D eigenvalue weighted by Gasteiger charge is 2.25. The summed E-state index contributed by atoms with van der Waals surface area (Å²) in [5, 5.41) is 3.86. The van der Waals surface area contributed by atoms with Gasteiger partial charge in [-0.2, -0.15) is 0 Å². The molecule has 1 aliphatic heterocycles. The number of hydrogen-bond acceptors (Lipinski definition) is 6. The molecule has 0 spiro atoms. The Bertz CT molecular complexity index is 1080. The molecule has 1 aliphatic rings. The molecule has 30 heavy (non-hydrogen) atoms. The van der Waals surface area contributed by atoms with Gasteiger partial charge >= 0.3 is 6.09 Å². The van der Waals surface area contributed by atoms with Gasteiger partial charge in [0.25, 0.3) is 0 Å². The number of benzene rings is 2. The summed E-state index contributed by atoms with van der Waals surface area (Å²) < 4.78 is 18.3. The van der Waals surface area contributed by atoms with Crippen LogP contribution < -0.4 is 15.8 Å². The van der Waals surface area contributed by atoms with Gasteiger partial charge in [-0.05, 0) is 49.2 Å². The van der Waals surface area contributed by atoms with Gasteiger partial charge in [-0.1, -0.05) is 24.3 Å². The van der Waals surface area contributed by atoms with Crippen molar-refractivity contribution in [2.45, 2.75) is 18.9 Å². The molecule has 1 atom stereocenters. The predicted molar refractivity (Wildman–Crippen MR) is 113 cm³/mol. The van der Waals surface area contributed by atoms with Gasteiger partial charge in [0, 0.05) is 11.6 Å². The number of primary amides is 1. The number of carbonyl (C=O) groups excluding carboxylic acids is 2. The lowest BCUT2D eigenvalue weighted by molar-refractivity contribution is 0.101. The largest absolute Gasteiger partial charge is 0.410 e. The number of amides is 1. The van der Waals surface area contributed by atoms with Crippen molar-refractivity contribution in [2.24, 2.45) is 5.73 Å². The number of nitrogens with one attached hydrogen (secondary N) is 1. The number of rotatable bonds is 6. The summed E-state index contributed by atoms with van der Waals surface area (Å²) in [5.41, 5.74) is 6.79. The fourth-order valence-electron chi connectivity index (χ4n) is 3.33. The van der Waals surface area contributed by atoms with Crippen molar-refractivity contribution in [3.05, 3.63) is 66.5 Å². The van der Waals surface area contributed by atoms with Gasteiger partial charge in [-0.25, -0.2) is 14.2 Å². The molecule has 3 N–H and O–H groups in total. The third kappa shape index (κ3) is 4.55. The Morgan fingerprint density at radius 1 is 1.20 bits per heavy atom. The molecule has 4 rings (SSSR count). The molecule has 1 unspecified atom stereocenters. The second kappa shape index (κ2) is 8.73. The van der Waals surface area contributed by atoms with E-state index >= 15 is 0 Å². The molecule has 0 bridgehead atoms. The van der Waals surface area contributed by atoms with Crippen LogP contribution in [-0.2, 0) is 0 Å². The number of Topliss-reactive ketones (excluding diaryl/α,β-unsaturated/α-hetero) is 1. The first-order valence-corrected chi connectivity index (χ1v) is 10.3. The molecule has 8 heteroatoms. The van der Waals surface area contributed by atoms with Crippen LogP contribution in [0.4, 0.5) is 9.18 Å². The molecule has 2 aromatic carbocycles. The van der Waals surface area contributed by atoms with Crippen molar-refractivity contribution >= 4 is 23.2 Å². The van der Waals surface area contributed by atoms with Crippen LogP contribution in [0.25, 0.3) is 21.0 Å². The summed E-state index contributed by atoms with van der Waals surface area (Å²) in [6.45, 7) is 0.883. The monoisotopic (exact) mass is 424 g/mol. The van der Waals surface area contributed by atoms with Crippen molar-refractivity contribution in [3.8, 4) is 26.8 Å². The Labute approximate surface area is 176 Å². The van der Waals surface area contributed by atoms with E-state index in [1.807, 2.05) is 0 Å². The molecule has 6 nitrogen and oxygen atoms in total. The number of ketones is 1. The average molecular weight is 424 g/mol. The molecule has 1 aromatic heterocycles. The lowest BCUT2D eigenvalue weighted by Crippen LogP contribution is -2.25. The number of aromatic nitrogens is 1. The van der Waals surface area contributed by atoms with Gasteiger partial charge in [-0.15, -0.1) is 11.3 Å². The Morgan fingerprint density at radius 3 is 2.70 bits per heavy atom. The van der Waals surface area contributed by atoms with E-state index in [2.05, 4.69) is 10.3 Å². The van der Waals surface area contributed by atoms with Crippen molar-refractivity contribution in [1.29, 1.82) is 0 Å². The van der Waals surface area contributed by atoms with Crippen molar-refractivity contribution < 1.29 is 18.7 Å². The Kier molecular flexibility index (Phi) is 5.87. The first-order chi connectivity index (χ1) is 14.5. The molecule has 3 aromatic rings. The van der Waals surface area contributed by atoms with E-state index in [9.17, 15) is 14.0 Å². The van der Waals surface area contributed by atoms with Crippen LogP contribution in [0.2, 0.25) is 0 Å². The standard InChI is InChI=1S/C22H19FN3O3S/c23-15-8-6-13(7-9-15)20-19(18(27)12-16-4-2-10-25-16)26-21(30-20)14-3-1-5-17(11-14)29-22(24)28/h1,3,5-9,11-12,16,25H,2,4,10H2,(H2,24,28). The zero-order valence-electron chi connectivity index (χ0n) is 15.9. The molecular weight excluding hydrogens is 405 g/mol. The summed E-state index contributed by atoms with van der Waals surface area (Å²) in [4.78, 5) is 29.3. The van der Waals surface area contributed by atoms with E-state index in [0.717, 1.165) is 19.4 Å². The van der Waals surface area contributed by atoms with E-state index < -0.39 is 6.09 Å². The molecule has 1 fully saturated rings. The van der Waals surface area contributed by atoms with Crippen LogP contribution in [0.5, 0.6) is 5.75 Å². The number of carbonyl (C=O) groups is 2. The van der Waals surface area contributed by atoms with E-state index in [1.165, 1.54) is 23.5 Å². The second-order valence-electron chi connectivity index (χ2n) is 6.89. The maximum Gasteiger partial charge on any atom is 0.409 e. The topological polar surface area (TPSA) is 94.3 Å². The van der Waals surface area contributed by atoms with Gasteiger partial charge in [0.05, 0.1) is 11.3 Å². The van der Waals surface area contributed by atoms with Crippen LogP contribution >= 0.6 is 11.3 Å². The summed E-state index contributed by atoms with van der Waals surface area (Å²) >= 11 is 1.32. The number of ether oxygens (including phenoxy) is 1. The van der Waals surface area contributed by atoms with E-state index in [0.29, 0.717) is 26.7 Å². The summed E-state index contributed by atoms with van der Waals surface area (Å²) in [6.07, 6.45) is 2.67. The maximum atomic E-state index is 13.4. The second-order valence-corrected chi connectivity index (χ2v) is 7.89. The number of halogens is 1. The van der Waals surface area contributed by atoms with E-state index in [-0.39, 0.29) is 23.4 Å². The van der Waals surface area contributed by atoms with Crippen molar-refractivity contribution in [3.63, 3.8) is 0 Å². The Morgan fingerprint density at radius 2 is 2.00 bits per heavy atom. The molecule has 1 amide bonds. The SMILES string of the molecule is NC(=O)Oc1cccc(-c2nc(C(=O)[CH]C3CCCN3)c(-c3ccc(F)cc3)s2)c1. The number of nitrogens with two attached hydrogens (primary N) is 1. The zero-order chi connectivity index (χ0) is 21.1.